The minimum Gasteiger partial charge on any atom is -0.450 e. The fraction of sp³-hybridized carbons (Fsp3) is 0.462. The van der Waals surface area contributed by atoms with Crippen LogP contribution in [0.3, 0.4) is 0 Å². The molecule has 0 radical (unpaired) electrons. The maximum Gasteiger partial charge on any atom is 0.407 e. The van der Waals surface area contributed by atoms with Crippen LogP contribution in [0.5, 0.6) is 0 Å². The van der Waals surface area contributed by atoms with Crippen molar-refractivity contribution in [2.24, 2.45) is 0 Å². The molecule has 4 heteroatoms. The van der Waals surface area contributed by atoms with E-state index in [-0.39, 0.29) is 6.09 Å². The van der Waals surface area contributed by atoms with Crippen molar-refractivity contribution in [3.05, 3.63) is 29.8 Å². The Bertz CT molecular complexity index is 338. The molecular weight excluding hydrogens is 234 g/mol. The summed E-state index contributed by atoms with van der Waals surface area (Å²) < 4.78 is 4.78. The third-order valence-corrected chi connectivity index (χ3v) is 3.09. The molecule has 0 saturated carbocycles. The van der Waals surface area contributed by atoms with E-state index in [1.54, 1.807) is 6.92 Å². The molecule has 0 bridgehead atoms. The molecule has 94 valence electrons. The van der Waals surface area contributed by atoms with Gasteiger partial charge in [-0.15, -0.1) is 11.8 Å². The van der Waals surface area contributed by atoms with Gasteiger partial charge in [0.25, 0.3) is 0 Å². The van der Waals surface area contributed by atoms with Crippen LogP contribution in [0.1, 0.15) is 19.4 Å². The second-order valence-electron chi connectivity index (χ2n) is 3.47. The maximum atomic E-state index is 11.0. The van der Waals surface area contributed by atoms with Crippen LogP contribution < -0.4 is 5.32 Å². The van der Waals surface area contributed by atoms with Crippen LogP contribution in [0.15, 0.2) is 29.2 Å². The summed E-state index contributed by atoms with van der Waals surface area (Å²) in [4.78, 5) is 12.3. The van der Waals surface area contributed by atoms with Gasteiger partial charge in [0.2, 0.25) is 0 Å². The molecular formula is C13H19NO2S. The molecule has 3 nitrogen and oxygen atoms in total. The Morgan fingerprint density at radius 2 is 2.00 bits per heavy atom. The summed E-state index contributed by atoms with van der Waals surface area (Å²) in [7, 11) is 0. The number of carbonyl (C=O) groups excluding carboxylic acids is 1. The molecule has 0 spiro atoms. The number of thioether (sulfide) groups is 1. The van der Waals surface area contributed by atoms with Crippen molar-refractivity contribution in [3.8, 4) is 0 Å². The van der Waals surface area contributed by atoms with Gasteiger partial charge < -0.3 is 10.1 Å². The Balaban J connectivity index is 2.29. The van der Waals surface area contributed by atoms with E-state index in [0.29, 0.717) is 13.2 Å². The fourth-order valence-corrected chi connectivity index (χ4v) is 2.07. The van der Waals surface area contributed by atoms with Gasteiger partial charge in [-0.05, 0) is 36.8 Å². The Morgan fingerprint density at radius 3 is 2.59 bits per heavy atom. The zero-order valence-corrected chi connectivity index (χ0v) is 11.2. The van der Waals surface area contributed by atoms with Gasteiger partial charge in [0.05, 0.1) is 6.61 Å². The van der Waals surface area contributed by atoms with E-state index in [2.05, 4.69) is 36.5 Å². The average molecular weight is 253 g/mol. The normalized spacial score (nSPS) is 10.0. The highest BCUT2D eigenvalue weighted by Crippen LogP contribution is 2.17. The summed E-state index contributed by atoms with van der Waals surface area (Å²) >= 11 is 1.83. The largest absolute Gasteiger partial charge is 0.450 e. The zero-order valence-electron chi connectivity index (χ0n) is 10.4. The molecule has 0 atom stereocenters. The van der Waals surface area contributed by atoms with Crippen LogP contribution in [-0.2, 0) is 11.2 Å². The highest BCUT2D eigenvalue weighted by atomic mass is 32.2. The number of nitrogens with one attached hydrogen (secondary N) is 1. The van der Waals surface area contributed by atoms with Crippen molar-refractivity contribution in [1.29, 1.82) is 0 Å². The third-order valence-electron chi connectivity index (χ3n) is 2.19. The molecule has 0 heterocycles. The Kier molecular flexibility index (Phi) is 6.55. The van der Waals surface area contributed by atoms with Gasteiger partial charge in [-0.25, -0.2) is 4.79 Å². The lowest BCUT2D eigenvalue weighted by atomic mass is 10.1. The van der Waals surface area contributed by atoms with Gasteiger partial charge in [0.1, 0.15) is 0 Å². The van der Waals surface area contributed by atoms with Crippen LogP contribution in [0, 0.1) is 0 Å². The Hall–Kier alpha value is -1.16. The second-order valence-corrected chi connectivity index (χ2v) is 4.81. The first kappa shape index (κ1) is 13.9. The second kappa shape index (κ2) is 8.01. The molecule has 0 aliphatic heterocycles. The van der Waals surface area contributed by atoms with Crippen molar-refractivity contribution >= 4 is 17.9 Å². The van der Waals surface area contributed by atoms with Crippen LogP contribution in [0.2, 0.25) is 0 Å². The number of carbonyl (C=O) groups is 1. The van der Waals surface area contributed by atoms with E-state index in [0.717, 1.165) is 12.2 Å². The maximum absolute atomic E-state index is 11.0. The first-order chi connectivity index (χ1) is 8.26. The van der Waals surface area contributed by atoms with Gasteiger partial charge in [-0.1, -0.05) is 19.1 Å². The summed E-state index contributed by atoms with van der Waals surface area (Å²) in [6.45, 7) is 4.96. The molecule has 0 unspecified atom stereocenters. The van der Waals surface area contributed by atoms with Gasteiger partial charge in [-0.2, -0.15) is 0 Å². The van der Waals surface area contributed by atoms with Crippen molar-refractivity contribution < 1.29 is 9.53 Å². The molecule has 1 rings (SSSR count). The highest BCUT2D eigenvalue weighted by Gasteiger charge is 1.99. The smallest absolute Gasteiger partial charge is 0.407 e. The number of hydrogen-bond acceptors (Lipinski definition) is 3. The van der Waals surface area contributed by atoms with Crippen LogP contribution in [0.25, 0.3) is 0 Å². The minimum absolute atomic E-state index is 0.342. The lowest BCUT2D eigenvalue weighted by Gasteiger charge is -2.05. The number of rotatable bonds is 6. The average Bonchev–Trinajstić information content (AvgIpc) is 2.32. The number of alkyl carbamates (subject to hydrolysis) is 1. The lowest BCUT2D eigenvalue weighted by Crippen LogP contribution is -2.26. The molecule has 0 aromatic heterocycles. The summed E-state index contributed by atoms with van der Waals surface area (Å²) in [5.41, 5.74) is 1.22. The predicted molar refractivity (Wildman–Crippen MR) is 71.6 cm³/mol. The third kappa shape index (κ3) is 5.63. The van der Waals surface area contributed by atoms with Crippen LogP contribution in [-0.4, -0.2) is 25.0 Å². The molecule has 0 aliphatic carbocycles. The molecule has 0 saturated heterocycles. The molecule has 0 aliphatic rings. The van der Waals surface area contributed by atoms with Crippen molar-refractivity contribution in [3.63, 3.8) is 0 Å². The predicted octanol–water partition coefficient (Wildman–Crippen LogP) is 3.09. The van der Waals surface area contributed by atoms with Crippen molar-refractivity contribution in [2.75, 3.05) is 18.9 Å². The quantitative estimate of drug-likeness (QED) is 0.792. The monoisotopic (exact) mass is 253 g/mol. The van der Waals surface area contributed by atoms with Crippen LogP contribution >= 0.6 is 11.8 Å². The molecule has 1 aromatic rings. The van der Waals surface area contributed by atoms with Gasteiger partial charge in [-0.3, -0.25) is 0 Å². The van der Waals surface area contributed by atoms with Gasteiger partial charge in [0, 0.05) is 11.4 Å². The van der Waals surface area contributed by atoms with E-state index in [1.807, 2.05) is 11.8 Å². The zero-order chi connectivity index (χ0) is 12.5. The van der Waals surface area contributed by atoms with E-state index >= 15 is 0 Å². The van der Waals surface area contributed by atoms with E-state index < -0.39 is 0 Å². The van der Waals surface area contributed by atoms with Gasteiger partial charge >= 0.3 is 6.09 Å². The number of hydrogen-bond donors (Lipinski definition) is 1. The van der Waals surface area contributed by atoms with Gasteiger partial charge in [0.15, 0.2) is 0 Å². The molecule has 1 aromatic carbocycles. The first-order valence-corrected chi connectivity index (χ1v) is 6.87. The van der Waals surface area contributed by atoms with Crippen molar-refractivity contribution in [1.82, 2.24) is 5.32 Å². The van der Waals surface area contributed by atoms with E-state index in [1.165, 1.54) is 10.5 Å². The molecule has 0 fully saturated rings. The SMILES string of the molecule is CCOC(=O)NCCc1ccc(SCC)cc1. The van der Waals surface area contributed by atoms with E-state index in [4.69, 9.17) is 4.74 Å². The first-order valence-electron chi connectivity index (χ1n) is 5.88. The molecule has 1 N–H and O–H groups in total. The van der Waals surface area contributed by atoms with Crippen LogP contribution in [0.4, 0.5) is 4.79 Å². The summed E-state index contributed by atoms with van der Waals surface area (Å²) in [6, 6.07) is 8.44. The Morgan fingerprint density at radius 1 is 1.29 bits per heavy atom. The van der Waals surface area contributed by atoms with E-state index in [9.17, 15) is 4.79 Å². The van der Waals surface area contributed by atoms with Crippen molar-refractivity contribution in [2.45, 2.75) is 25.2 Å². The number of amides is 1. The minimum atomic E-state index is -0.342. The standard InChI is InChI=1S/C13H19NO2S/c1-3-16-13(15)14-10-9-11-5-7-12(8-6-11)17-4-2/h5-8H,3-4,9-10H2,1-2H3,(H,14,15). The summed E-state index contributed by atoms with van der Waals surface area (Å²) in [5, 5.41) is 2.71. The number of benzene rings is 1. The number of ether oxygens (including phenoxy) is 1. The Labute approximate surface area is 107 Å². The highest BCUT2D eigenvalue weighted by molar-refractivity contribution is 7.99. The topological polar surface area (TPSA) is 38.3 Å². The molecule has 17 heavy (non-hydrogen) atoms. The molecule has 1 amide bonds. The fourth-order valence-electron chi connectivity index (χ4n) is 1.41. The summed E-state index contributed by atoms with van der Waals surface area (Å²) in [6.07, 6.45) is 0.487. The summed E-state index contributed by atoms with van der Waals surface area (Å²) in [5.74, 6) is 1.09. The lowest BCUT2D eigenvalue weighted by molar-refractivity contribution is 0.152.